The van der Waals surface area contributed by atoms with Crippen LogP contribution in [0.4, 0.5) is 5.69 Å². The minimum Gasteiger partial charge on any atom is -0.350 e. The smallest absolute Gasteiger partial charge is 0.270 e. The molecule has 4 rings (SSSR count). The number of carbonyl (C=O) groups is 1. The van der Waals surface area contributed by atoms with E-state index in [0.717, 1.165) is 11.6 Å². The molecule has 11 heteroatoms. The summed E-state index contributed by atoms with van der Waals surface area (Å²) >= 11 is 5.99. The van der Waals surface area contributed by atoms with Gasteiger partial charge in [-0.25, -0.2) is 9.67 Å². The number of benzene rings is 2. The topological polar surface area (TPSA) is 125 Å². The molecule has 0 aliphatic heterocycles. The number of nitrogens with zero attached hydrogens (tertiary/aromatic N) is 5. The first kappa shape index (κ1) is 21.2. The van der Waals surface area contributed by atoms with Crippen molar-refractivity contribution in [3.05, 3.63) is 97.7 Å². The zero-order valence-electron chi connectivity index (χ0n) is 16.6. The lowest BCUT2D eigenvalue weighted by Crippen LogP contribution is -2.28. The molecule has 0 fully saturated rings. The van der Waals surface area contributed by atoms with Gasteiger partial charge in [0.15, 0.2) is 5.65 Å². The second-order valence-corrected chi connectivity index (χ2v) is 7.35. The Morgan fingerprint density at radius 3 is 2.72 bits per heavy atom. The first-order valence-electron chi connectivity index (χ1n) is 9.61. The van der Waals surface area contributed by atoms with Crippen LogP contribution in [0.5, 0.6) is 0 Å². The van der Waals surface area contributed by atoms with Crippen LogP contribution in [-0.2, 0) is 13.1 Å². The summed E-state index contributed by atoms with van der Waals surface area (Å²) in [5.74, 6) is -0.548. The van der Waals surface area contributed by atoms with Crippen LogP contribution < -0.4 is 10.9 Å². The van der Waals surface area contributed by atoms with Crippen molar-refractivity contribution in [1.82, 2.24) is 24.6 Å². The second-order valence-electron chi connectivity index (χ2n) is 6.95. The van der Waals surface area contributed by atoms with Crippen molar-refractivity contribution in [2.24, 2.45) is 0 Å². The monoisotopic (exact) mass is 452 g/mol. The fourth-order valence-electron chi connectivity index (χ4n) is 3.23. The van der Waals surface area contributed by atoms with E-state index in [0.29, 0.717) is 17.6 Å². The summed E-state index contributed by atoms with van der Waals surface area (Å²) < 4.78 is 3.02. The molecule has 162 valence electrons. The number of hydrogen-bond acceptors (Lipinski definition) is 6. The maximum Gasteiger partial charge on any atom is 0.270 e. The van der Waals surface area contributed by atoms with Crippen molar-refractivity contribution in [2.45, 2.75) is 13.1 Å². The summed E-state index contributed by atoms with van der Waals surface area (Å²) in [4.78, 5) is 39.8. The molecule has 2 heterocycles. The van der Waals surface area contributed by atoms with E-state index >= 15 is 0 Å². The molecule has 0 saturated carbocycles. The van der Waals surface area contributed by atoms with Crippen LogP contribution in [0.1, 0.15) is 15.9 Å². The quantitative estimate of drug-likeness (QED) is 0.339. The third-order valence-electron chi connectivity index (χ3n) is 4.83. The van der Waals surface area contributed by atoms with E-state index in [1.165, 1.54) is 33.9 Å². The van der Waals surface area contributed by atoms with Gasteiger partial charge in [-0.2, -0.15) is 5.10 Å². The zero-order chi connectivity index (χ0) is 22.7. The van der Waals surface area contributed by atoms with E-state index < -0.39 is 10.8 Å². The summed E-state index contributed by atoms with van der Waals surface area (Å²) in [5.41, 5.74) is 0.951. The Kier molecular flexibility index (Phi) is 5.95. The standard InChI is InChI=1S/C21H17ClN6O4/c22-18-7-6-15(28(31)32)10-16(18)20(29)23-8-9-27-19-17(11-25-27)21(30)26(13-24-19)12-14-4-2-1-3-5-14/h1-7,10-11,13H,8-9,12H2,(H,23,29). The molecule has 0 radical (unpaired) electrons. The van der Waals surface area contributed by atoms with Gasteiger partial charge in [-0.05, 0) is 11.6 Å². The predicted octanol–water partition coefficient (Wildman–Crippen LogP) is 2.63. The number of fused-ring (bicyclic) bond motifs is 1. The van der Waals surface area contributed by atoms with Crippen LogP contribution in [0.3, 0.4) is 0 Å². The maximum absolute atomic E-state index is 12.8. The van der Waals surface area contributed by atoms with E-state index in [4.69, 9.17) is 11.6 Å². The van der Waals surface area contributed by atoms with Crippen molar-refractivity contribution in [2.75, 3.05) is 6.54 Å². The molecule has 4 aromatic rings. The minimum absolute atomic E-state index is 0.00751. The minimum atomic E-state index is -0.598. The van der Waals surface area contributed by atoms with Crippen LogP contribution in [0.2, 0.25) is 5.02 Å². The third-order valence-corrected chi connectivity index (χ3v) is 5.16. The number of nitrogens with one attached hydrogen (secondary N) is 1. The normalized spacial score (nSPS) is 10.9. The van der Waals surface area contributed by atoms with Crippen molar-refractivity contribution in [1.29, 1.82) is 0 Å². The predicted molar refractivity (Wildman–Crippen MR) is 118 cm³/mol. The largest absolute Gasteiger partial charge is 0.350 e. The van der Waals surface area contributed by atoms with Gasteiger partial charge in [0.25, 0.3) is 17.2 Å². The van der Waals surface area contributed by atoms with Crippen molar-refractivity contribution >= 4 is 34.2 Å². The van der Waals surface area contributed by atoms with Crippen LogP contribution in [0, 0.1) is 10.1 Å². The lowest BCUT2D eigenvalue weighted by molar-refractivity contribution is -0.384. The molecule has 0 aliphatic rings. The van der Waals surface area contributed by atoms with Gasteiger partial charge >= 0.3 is 0 Å². The fraction of sp³-hybridized carbons (Fsp3) is 0.143. The Labute approximate surface area is 186 Å². The Morgan fingerprint density at radius 2 is 1.97 bits per heavy atom. The average Bonchev–Trinajstić information content (AvgIpc) is 3.20. The molecule has 0 bridgehead atoms. The van der Waals surface area contributed by atoms with E-state index in [1.54, 1.807) is 0 Å². The number of carbonyl (C=O) groups excluding carboxylic acids is 1. The lowest BCUT2D eigenvalue weighted by Gasteiger charge is -2.08. The molecule has 0 spiro atoms. The summed E-state index contributed by atoms with van der Waals surface area (Å²) in [6.45, 7) is 0.800. The van der Waals surface area contributed by atoms with E-state index in [9.17, 15) is 19.7 Å². The number of halogens is 1. The number of aromatic nitrogens is 4. The molecular weight excluding hydrogens is 436 g/mol. The van der Waals surface area contributed by atoms with E-state index in [2.05, 4.69) is 15.4 Å². The van der Waals surface area contributed by atoms with Crippen molar-refractivity contribution < 1.29 is 9.72 Å². The highest BCUT2D eigenvalue weighted by Gasteiger charge is 2.16. The zero-order valence-corrected chi connectivity index (χ0v) is 17.4. The molecule has 1 N–H and O–H groups in total. The van der Waals surface area contributed by atoms with Crippen molar-refractivity contribution in [3.8, 4) is 0 Å². The number of rotatable bonds is 7. The molecule has 2 aromatic heterocycles. The molecule has 10 nitrogen and oxygen atoms in total. The molecule has 0 aliphatic carbocycles. The molecule has 0 saturated heterocycles. The number of nitro groups is 1. The number of non-ortho nitro benzene ring substituents is 1. The number of nitro benzene ring substituents is 1. The Hall–Kier alpha value is -4.05. The second kappa shape index (κ2) is 8.98. The van der Waals surface area contributed by atoms with Crippen LogP contribution >= 0.6 is 11.6 Å². The highest BCUT2D eigenvalue weighted by molar-refractivity contribution is 6.33. The van der Waals surface area contributed by atoms with E-state index in [1.807, 2.05) is 30.3 Å². The van der Waals surface area contributed by atoms with Crippen LogP contribution in [-0.4, -0.2) is 36.7 Å². The Bertz CT molecular complexity index is 1370. The van der Waals surface area contributed by atoms with Crippen molar-refractivity contribution in [3.63, 3.8) is 0 Å². The number of hydrogen-bond donors (Lipinski definition) is 1. The molecule has 0 atom stereocenters. The Balaban J connectivity index is 1.46. The first-order valence-corrected chi connectivity index (χ1v) is 9.99. The van der Waals surface area contributed by atoms with Gasteiger partial charge < -0.3 is 5.32 Å². The highest BCUT2D eigenvalue weighted by Crippen LogP contribution is 2.21. The van der Waals surface area contributed by atoms with Gasteiger partial charge in [-0.3, -0.25) is 24.3 Å². The van der Waals surface area contributed by atoms with Gasteiger partial charge in [0.05, 0.1) is 34.8 Å². The third kappa shape index (κ3) is 4.35. The van der Waals surface area contributed by atoms with Gasteiger partial charge in [0, 0.05) is 18.7 Å². The molecule has 32 heavy (non-hydrogen) atoms. The van der Waals surface area contributed by atoms with E-state index in [-0.39, 0.29) is 34.9 Å². The van der Waals surface area contributed by atoms with Gasteiger partial charge in [-0.15, -0.1) is 0 Å². The summed E-state index contributed by atoms with van der Waals surface area (Å²) in [7, 11) is 0. The maximum atomic E-state index is 12.8. The van der Waals surface area contributed by atoms with Gasteiger partial charge in [0.2, 0.25) is 0 Å². The average molecular weight is 453 g/mol. The van der Waals surface area contributed by atoms with Gasteiger partial charge in [-0.1, -0.05) is 41.9 Å². The summed E-state index contributed by atoms with van der Waals surface area (Å²) in [6.07, 6.45) is 2.92. The van der Waals surface area contributed by atoms with Crippen LogP contribution in [0.25, 0.3) is 11.0 Å². The molecule has 2 aromatic carbocycles. The SMILES string of the molecule is O=C(NCCn1ncc2c(=O)n(Cc3ccccc3)cnc21)c1cc([N+](=O)[O-])ccc1Cl. The van der Waals surface area contributed by atoms with Gasteiger partial charge in [0.1, 0.15) is 11.7 Å². The molecule has 0 unspecified atom stereocenters. The molecule has 1 amide bonds. The summed E-state index contributed by atoms with van der Waals surface area (Å²) in [6, 6.07) is 13.2. The number of amides is 1. The Morgan fingerprint density at radius 1 is 1.19 bits per heavy atom. The fourth-order valence-corrected chi connectivity index (χ4v) is 3.43. The highest BCUT2D eigenvalue weighted by atomic mass is 35.5. The first-order chi connectivity index (χ1) is 15.4. The molecular formula is C21H17ClN6O4. The van der Waals surface area contributed by atoms with Crippen LogP contribution in [0.15, 0.2) is 65.8 Å². The summed E-state index contributed by atoms with van der Waals surface area (Å²) in [5, 5.41) is 18.3. The lowest BCUT2D eigenvalue weighted by atomic mass is 10.2.